The number of nitrogens with zero attached hydrogens (tertiary/aromatic N) is 2. The fourth-order valence-electron chi connectivity index (χ4n) is 2.05. The summed E-state index contributed by atoms with van der Waals surface area (Å²) >= 11 is 1.25. The maximum Gasteiger partial charge on any atom is 0.328 e. The summed E-state index contributed by atoms with van der Waals surface area (Å²) in [6.07, 6.45) is 5.27. The van der Waals surface area contributed by atoms with Crippen molar-refractivity contribution in [3.05, 3.63) is 11.0 Å². The van der Waals surface area contributed by atoms with Gasteiger partial charge in [0.1, 0.15) is 0 Å². The highest BCUT2D eigenvalue weighted by Crippen LogP contribution is 2.22. The molecule has 0 saturated heterocycles. The molecule has 9 heteroatoms. The van der Waals surface area contributed by atoms with Crippen LogP contribution in [-0.4, -0.2) is 52.6 Å². The van der Waals surface area contributed by atoms with Crippen LogP contribution in [0.2, 0.25) is 0 Å². The van der Waals surface area contributed by atoms with Crippen LogP contribution >= 0.6 is 11.8 Å². The van der Waals surface area contributed by atoms with E-state index >= 15 is 0 Å². The fourth-order valence-corrected chi connectivity index (χ4v) is 2.55. The Balaban J connectivity index is 2.32. The molecule has 8 nitrogen and oxygen atoms in total. The average Bonchev–Trinajstić information content (AvgIpc) is 2.71. The van der Waals surface area contributed by atoms with Crippen LogP contribution in [0.25, 0.3) is 0 Å². The standard InChI is InChI=1S/C13H20N4O4S/c1-22-9-7-10(18)17(11(9)19)6-4-2-3-5-8(12(20)21)16-13(14)15/h7-8H,2-6H2,1H3,(H,20,21)(H4,14,15,16). The van der Waals surface area contributed by atoms with E-state index in [1.165, 1.54) is 22.7 Å². The number of imide groups is 1. The lowest BCUT2D eigenvalue weighted by Crippen LogP contribution is -2.31. The van der Waals surface area contributed by atoms with Gasteiger partial charge in [-0.1, -0.05) is 12.8 Å². The van der Waals surface area contributed by atoms with Crippen LogP contribution in [0.3, 0.4) is 0 Å². The number of carboxylic acids is 1. The van der Waals surface area contributed by atoms with Gasteiger partial charge >= 0.3 is 5.97 Å². The number of thioether (sulfide) groups is 1. The number of hydrogen-bond acceptors (Lipinski definition) is 5. The molecular weight excluding hydrogens is 308 g/mol. The number of aliphatic carboxylic acids is 1. The van der Waals surface area contributed by atoms with E-state index in [-0.39, 0.29) is 17.8 Å². The Morgan fingerprint density at radius 3 is 2.55 bits per heavy atom. The van der Waals surface area contributed by atoms with Gasteiger partial charge < -0.3 is 16.6 Å². The quantitative estimate of drug-likeness (QED) is 0.232. The molecule has 122 valence electrons. The van der Waals surface area contributed by atoms with Gasteiger partial charge in [-0.05, 0) is 19.1 Å². The summed E-state index contributed by atoms with van der Waals surface area (Å²) in [5.74, 6) is -1.89. The third kappa shape index (κ3) is 5.06. The first-order chi connectivity index (χ1) is 10.4. The predicted molar refractivity (Wildman–Crippen MR) is 84.0 cm³/mol. The molecule has 2 amide bonds. The molecule has 0 aromatic rings. The molecule has 1 aliphatic rings. The van der Waals surface area contributed by atoms with Gasteiger partial charge in [-0.15, -0.1) is 11.8 Å². The predicted octanol–water partition coefficient (Wildman–Crippen LogP) is -0.111. The van der Waals surface area contributed by atoms with Gasteiger partial charge in [0.2, 0.25) is 0 Å². The summed E-state index contributed by atoms with van der Waals surface area (Å²) in [7, 11) is 0. The zero-order valence-corrected chi connectivity index (χ0v) is 13.1. The van der Waals surface area contributed by atoms with E-state index in [4.69, 9.17) is 16.6 Å². The number of nitrogens with two attached hydrogens (primary N) is 2. The second kappa shape index (κ2) is 8.42. The van der Waals surface area contributed by atoms with Crippen molar-refractivity contribution in [2.24, 2.45) is 16.5 Å². The largest absolute Gasteiger partial charge is 0.480 e. The van der Waals surface area contributed by atoms with Crippen LogP contribution in [0.5, 0.6) is 0 Å². The molecule has 1 heterocycles. The van der Waals surface area contributed by atoms with Crippen molar-refractivity contribution < 1.29 is 19.5 Å². The SMILES string of the molecule is CSC1=CC(=O)N(CCCCCC(N=C(N)N)C(=O)O)C1=O. The normalized spacial score (nSPS) is 15.7. The Morgan fingerprint density at radius 1 is 1.36 bits per heavy atom. The molecule has 1 rings (SSSR count). The van der Waals surface area contributed by atoms with Gasteiger partial charge in [0.25, 0.3) is 11.8 Å². The smallest absolute Gasteiger partial charge is 0.328 e. The van der Waals surface area contributed by atoms with Crippen molar-refractivity contribution >= 4 is 35.5 Å². The minimum atomic E-state index is -1.08. The number of hydrogen-bond donors (Lipinski definition) is 3. The molecule has 0 bridgehead atoms. The molecule has 1 atom stereocenters. The van der Waals surface area contributed by atoms with Crippen molar-refractivity contribution in [3.63, 3.8) is 0 Å². The molecular formula is C13H20N4O4S. The van der Waals surface area contributed by atoms with E-state index in [0.717, 1.165) is 0 Å². The minimum Gasteiger partial charge on any atom is -0.480 e. The first-order valence-corrected chi connectivity index (χ1v) is 8.02. The molecule has 1 unspecified atom stereocenters. The zero-order chi connectivity index (χ0) is 16.7. The Labute approximate surface area is 132 Å². The lowest BCUT2D eigenvalue weighted by Gasteiger charge is -2.14. The second-order valence-corrected chi connectivity index (χ2v) is 5.61. The molecule has 5 N–H and O–H groups in total. The van der Waals surface area contributed by atoms with E-state index < -0.39 is 12.0 Å². The minimum absolute atomic E-state index is 0.253. The van der Waals surface area contributed by atoms with Crippen molar-refractivity contribution in [1.82, 2.24) is 4.90 Å². The number of rotatable bonds is 9. The zero-order valence-electron chi connectivity index (χ0n) is 12.3. The number of unbranched alkanes of at least 4 members (excludes halogenated alkanes) is 2. The number of guanidine groups is 1. The summed E-state index contributed by atoms with van der Waals surface area (Å²) in [6.45, 7) is 0.332. The van der Waals surface area contributed by atoms with Gasteiger partial charge in [0.15, 0.2) is 12.0 Å². The van der Waals surface area contributed by atoms with E-state index in [0.29, 0.717) is 37.1 Å². The maximum absolute atomic E-state index is 11.8. The van der Waals surface area contributed by atoms with Crippen molar-refractivity contribution in [2.45, 2.75) is 31.7 Å². The summed E-state index contributed by atoms with van der Waals surface area (Å²) in [5, 5.41) is 8.95. The number of amides is 2. The lowest BCUT2D eigenvalue weighted by molar-refractivity contribution is -0.139. The van der Waals surface area contributed by atoms with E-state index in [1.807, 2.05) is 0 Å². The second-order valence-electron chi connectivity index (χ2n) is 4.77. The van der Waals surface area contributed by atoms with Crippen LogP contribution in [0.4, 0.5) is 0 Å². The fraction of sp³-hybridized carbons (Fsp3) is 0.538. The molecule has 22 heavy (non-hydrogen) atoms. The van der Waals surface area contributed by atoms with Crippen molar-refractivity contribution in [2.75, 3.05) is 12.8 Å². The third-order valence-electron chi connectivity index (χ3n) is 3.15. The van der Waals surface area contributed by atoms with Crippen LogP contribution in [0.15, 0.2) is 16.0 Å². The monoisotopic (exact) mass is 328 g/mol. The van der Waals surface area contributed by atoms with Gasteiger partial charge in [-0.2, -0.15) is 0 Å². The van der Waals surface area contributed by atoms with Crippen LogP contribution in [-0.2, 0) is 14.4 Å². The summed E-state index contributed by atoms with van der Waals surface area (Å²) in [6, 6.07) is -0.954. The van der Waals surface area contributed by atoms with Crippen LogP contribution in [0.1, 0.15) is 25.7 Å². The van der Waals surface area contributed by atoms with Gasteiger partial charge in [-0.25, -0.2) is 9.79 Å². The van der Waals surface area contributed by atoms with E-state index in [1.54, 1.807) is 6.26 Å². The highest BCUT2D eigenvalue weighted by Gasteiger charge is 2.29. The van der Waals surface area contributed by atoms with Gasteiger partial charge in [0.05, 0.1) is 4.91 Å². The van der Waals surface area contributed by atoms with Crippen molar-refractivity contribution in [1.29, 1.82) is 0 Å². The Kier molecular flexibility index (Phi) is 6.90. The highest BCUT2D eigenvalue weighted by atomic mass is 32.2. The lowest BCUT2D eigenvalue weighted by atomic mass is 10.1. The highest BCUT2D eigenvalue weighted by molar-refractivity contribution is 8.03. The molecule has 1 aliphatic heterocycles. The first-order valence-electron chi connectivity index (χ1n) is 6.80. The molecule has 0 fully saturated rings. The summed E-state index contributed by atoms with van der Waals surface area (Å²) < 4.78 is 0. The molecule has 0 spiro atoms. The number of carbonyl (C=O) groups is 3. The molecule has 0 aliphatic carbocycles. The number of carbonyl (C=O) groups excluding carboxylic acids is 2. The van der Waals surface area contributed by atoms with Crippen LogP contribution in [0, 0.1) is 0 Å². The first kappa shape index (κ1) is 18.0. The molecule has 0 aromatic carbocycles. The molecule has 0 saturated carbocycles. The Morgan fingerprint density at radius 2 is 2.05 bits per heavy atom. The van der Waals surface area contributed by atoms with Crippen LogP contribution < -0.4 is 11.5 Å². The van der Waals surface area contributed by atoms with E-state index in [2.05, 4.69) is 4.99 Å². The van der Waals surface area contributed by atoms with Crippen molar-refractivity contribution in [3.8, 4) is 0 Å². The number of aliphatic imine (C=N–C) groups is 1. The maximum atomic E-state index is 11.8. The average molecular weight is 328 g/mol. The third-order valence-corrected chi connectivity index (χ3v) is 3.88. The Hall–Kier alpha value is -2.03. The molecule has 0 aromatic heterocycles. The van der Waals surface area contributed by atoms with Gasteiger partial charge in [0, 0.05) is 12.6 Å². The van der Waals surface area contributed by atoms with Gasteiger partial charge in [-0.3, -0.25) is 14.5 Å². The summed E-state index contributed by atoms with van der Waals surface area (Å²) in [4.78, 5) is 39.7. The Bertz CT molecular complexity index is 514. The number of carboxylic acid groups (broad SMARTS) is 1. The topological polar surface area (TPSA) is 139 Å². The molecule has 0 radical (unpaired) electrons. The van der Waals surface area contributed by atoms with E-state index in [9.17, 15) is 14.4 Å². The summed E-state index contributed by atoms with van der Waals surface area (Å²) in [5.41, 5.74) is 10.4.